The van der Waals surface area contributed by atoms with Crippen molar-refractivity contribution in [1.82, 2.24) is 9.55 Å². The van der Waals surface area contributed by atoms with E-state index in [-0.39, 0.29) is 5.97 Å². The van der Waals surface area contributed by atoms with E-state index in [4.69, 9.17) is 21.3 Å². The average Bonchev–Trinajstić information content (AvgIpc) is 2.94. The zero-order valence-electron chi connectivity index (χ0n) is 13.4. The van der Waals surface area contributed by atoms with Crippen LogP contribution < -0.4 is 4.90 Å². The highest BCUT2D eigenvalue weighted by Gasteiger charge is 2.27. The maximum Gasteiger partial charge on any atom is 0.358 e. The van der Waals surface area contributed by atoms with Gasteiger partial charge in [0.25, 0.3) is 0 Å². The normalized spacial score (nSPS) is 13.5. The molecule has 2 aromatic rings. The number of anilines is 1. The molecule has 122 valence electrons. The second kappa shape index (κ2) is 6.62. The van der Waals surface area contributed by atoms with Gasteiger partial charge >= 0.3 is 5.97 Å². The van der Waals surface area contributed by atoms with Gasteiger partial charge in [0.05, 0.1) is 7.11 Å². The molecule has 5 nitrogen and oxygen atoms in total. The first kappa shape index (κ1) is 15.9. The second-order valence-corrected chi connectivity index (χ2v) is 6.22. The molecule has 3 rings (SSSR count). The fourth-order valence-electron chi connectivity index (χ4n) is 3.02. The summed E-state index contributed by atoms with van der Waals surface area (Å²) in [5.74, 6) is 1.30. The summed E-state index contributed by atoms with van der Waals surface area (Å²) in [4.78, 5) is 18.9. The molecule has 0 spiro atoms. The van der Waals surface area contributed by atoms with Crippen molar-refractivity contribution in [2.75, 3.05) is 19.1 Å². The third kappa shape index (κ3) is 3.20. The van der Waals surface area contributed by atoms with Crippen LogP contribution in [0, 0.1) is 0 Å². The molecule has 0 atom stereocenters. The number of esters is 1. The van der Waals surface area contributed by atoms with E-state index in [0.717, 1.165) is 37.2 Å². The Morgan fingerprint density at radius 2 is 2.26 bits per heavy atom. The summed E-state index contributed by atoms with van der Waals surface area (Å²) in [6.45, 7) is 1.44. The van der Waals surface area contributed by atoms with Gasteiger partial charge in [-0.25, -0.2) is 9.78 Å². The Kier molecular flexibility index (Phi) is 4.57. The molecule has 0 N–H and O–H groups in total. The van der Waals surface area contributed by atoms with Crippen LogP contribution in [0.15, 0.2) is 24.3 Å². The number of aryl methyl sites for hydroxylation is 1. The SMILES string of the molecule is COC(=O)c1c(N(C)Cc2cccc(Cl)c2)nc2n1CCCC2. The standard InChI is InChI=1S/C17H20ClN3O2/c1-20(11-12-6-5-7-13(18)10-12)16-15(17(22)23-2)21-9-4-3-8-14(21)19-16/h5-7,10H,3-4,8-9,11H2,1-2H3. The van der Waals surface area contributed by atoms with Crippen LogP contribution in [0.5, 0.6) is 0 Å². The van der Waals surface area contributed by atoms with Gasteiger partial charge in [-0.05, 0) is 30.5 Å². The number of fused-ring (bicyclic) bond motifs is 1. The second-order valence-electron chi connectivity index (χ2n) is 5.79. The third-order valence-corrected chi connectivity index (χ3v) is 4.34. The zero-order valence-corrected chi connectivity index (χ0v) is 14.1. The Hall–Kier alpha value is -2.01. The quantitative estimate of drug-likeness (QED) is 0.805. The largest absolute Gasteiger partial charge is 0.464 e. The highest BCUT2D eigenvalue weighted by atomic mass is 35.5. The van der Waals surface area contributed by atoms with Gasteiger partial charge in [-0.1, -0.05) is 23.7 Å². The lowest BCUT2D eigenvalue weighted by molar-refractivity contribution is 0.0588. The first-order valence-corrected chi connectivity index (χ1v) is 8.11. The summed E-state index contributed by atoms with van der Waals surface area (Å²) >= 11 is 6.05. The van der Waals surface area contributed by atoms with Gasteiger partial charge in [0.1, 0.15) is 5.82 Å². The number of imidazole rings is 1. The average molecular weight is 334 g/mol. The molecule has 0 fully saturated rings. The number of aromatic nitrogens is 2. The smallest absolute Gasteiger partial charge is 0.358 e. The van der Waals surface area contributed by atoms with Crippen molar-refractivity contribution in [3.8, 4) is 0 Å². The molecule has 0 unspecified atom stereocenters. The molecule has 0 aliphatic carbocycles. The molecule has 1 aromatic carbocycles. The van der Waals surface area contributed by atoms with Crippen LogP contribution in [-0.4, -0.2) is 29.7 Å². The minimum atomic E-state index is -0.335. The number of nitrogens with zero attached hydrogens (tertiary/aromatic N) is 3. The fourth-order valence-corrected chi connectivity index (χ4v) is 3.23. The molecule has 6 heteroatoms. The molecular weight excluding hydrogens is 314 g/mol. The molecule has 0 saturated heterocycles. The molecule has 1 aromatic heterocycles. The van der Waals surface area contributed by atoms with Crippen molar-refractivity contribution < 1.29 is 9.53 Å². The molecule has 1 aliphatic rings. The molecule has 0 saturated carbocycles. The van der Waals surface area contributed by atoms with Crippen molar-refractivity contribution in [3.63, 3.8) is 0 Å². The van der Waals surface area contributed by atoms with Crippen LogP contribution in [0.3, 0.4) is 0 Å². The van der Waals surface area contributed by atoms with E-state index in [1.165, 1.54) is 7.11 Å². The highest BCUT2D eigenvalue weighted by molar-refractivity contribution is 6.30. The van der Waals surface area contributed by atoms with Gasteiger partial charge in [0.2, 0.25) is 0 Å². The zero-order chi connectivity index (χ0) is 16.4. The first-order chi connectivity index (χ1) is 11.1. The topological polar surface area (TPSA) is 47.4 Å². The number of halogens is 1. The maximum absolute atomic E-state index is 12.2. The van der Waals surface area contributed by atoms with Crippen LogP contribution in [0.2, 0.25) is 5.02 Å². The van der Waals surface area contributed by atoms with Crippen LogP contribution >= 0.6 is 11.6 Å². The molecule has 0 radical (unpaired) electrons. The summed E-state index contributed by atoms with van der Waals surface area (Å²) < 4.78 is 6.97. The monoisotopic (exact) mass is 333 g/mol. The van der Waals surface area contributed by atoms with E-state index in [9.17, 15) is 4.79 Å². The number of rotatable bonds is 4. The lowest BCUT2D eigenvalue weighted by atomic mass is 10.1. The lowest BCUT2D eigenvalue weighted by Gasteiger charge is -2.19. The lowest BCUT2D eigenvalue weighted by Crippen LogP contribution is -2.22. The van der Waals surface area contributed by atoms with Gasteiger partial charge in [-0.3, -0.25) is 0 Å². The molecular formula is C17H20ClN3O2. The summed E-state index contributed by atoms with van der Waals surface area (Å²) in [5.41, 5.74) is 1.62. The Bertz CT molecular complexity index is 727. The third-order valence-electron chi connectivity index (χ3n) is 4.11. The number of methoxy groups -OCH3 is 1. The van der Waals surface area contributed by atoms with Gasteiger partial charge in [0.15, 0.2) is 11.5 Å². The molecule has 0 bridgehead atoms. The Morgan fingerprint density at radius 3 is 3.00 bits per heavy atom. The minimum absolute atomic E-state index is 0.335. The summed E-state index contributed by atoms with van der Waals surface area (Å²) in [6.07, 6.45) is 3.06. The van der Waals surface area contributed by atoms with E-state index in [2.05, 4.69) is 0 Å². The van der Waals surface area contributed by atoms with Crippen molar-refractivity contribution in [2.45, 2.75) is 32.4 Å². The van der Waals surface area contributed by atoms with E-state index in [0.29, 0.717) is 23.1 Å². The minimum Gasteiger partial charge on any atom is -0.464 e. The number of benzene rings is 1. The summed E-state index contributed by atoms with van der Waals surface area (Å²) in [7, 11) is 3.34. The number of hydrogen-bond acceptors (Lipinski definition) is 4. The van der Waals surface area contributed by atoms with E-state index in [1.807, 2.05) is 40.8 Å². The Balaban J connectivity index is 1.94. The molecule has 1 aliphatic heterocycles. The van der Waals surface area contributed by atoms with Crippen molar-refractivity contribution >= 4 is 23.4 Å². The predicted molar refractivity (Wildman–Crippen MR) is 90.1 cm³/mol. The predicted octanol–water partition coefficient (Wildman–Crippen LogP) is 3.30. The van der Waals surface area contributed by atoms with Crippen LogP contribution in [-0.2, 0) is 24.2 Å². The van der Waals surface area contributed by atoms with Crippen molar-refractivity contribution in [2.24, 2.45) is 0 Å². The van der Waals surface area contributed by atoms with E-state index >= 15 is 0 Å². The van der Waals surface area contributed by atoms with Crippen molar-refractivity contribution in [3.05, 3.63) is 46.4 Å². The number of hydrogen-bond donors (Lipinski definition) is 0. The van der Waals surface area contributed by atoms with Crippen LogP contribution in [0.25, 0.3) is 0 Å². The number of ether oxygens (including phenoxy) is 1. The molecule has 0 amide bonds. The van der Waals surface area contributed by atoms with Gasteiger partial charge in [-0.15, -0.1) is 0 Å². The van der Waals surface area contributed by atoms with Crippen LogP contribution in [0.1, 0.15) is 34.7 Å². The highest BCUT2D eigenvalue weighted by Crippen LogP contribution is 2.27. The molecule has 23 heavy (non-hydrogen) atoms. The van der Waals surface area contributed by atoms with Gasteiger partial charge < -0.3 is 14.2 Å². The van der Waals surface area contributed by atoms with E-state index < -0.39 is 0 Å². The Morgan fingerprint density at radius 1 is 1.43 bits per heavy atom. The van der Waals surface area contributed by atoms with Gasteiger partial charge in [0, 0.05) is 31.6 Å². The summed E-state index contributed by atoms with van der Waals surface area (Å²) in [5, 5.41) is 0.702. The Labute approximate surface area is 140 Å². The number of carbonyl (C=O) groups excluding carboxylic acids is 1. The molecule has 2 heterocycles. The fraction of sp³-hybridized carbons (Fsp3) is 0.412. The first-order valence-electron chi connectivity index (χ1n) is 7.73. The summed E-state index contributed by atoms with van der Waals surface area (Å²) in [6, 6.07) is 7.70. The van der Waals surface area contributed by atoms with Gasteiger partial charge in [-0.2, -0.15) is 0 Å². The van der Waals surface area contributed by atoms with Crippen LogP contribution in [0.4, 0.5) is 5.82 Å². The maximum atomic E-state index is 12.2. The van der Waals surface area contributed by atoms with E-state index in [1.54, 1.807) is 0 Å². The van der Waals surface area contributed by atoms with Crippen molar-refractivity contribution in [1.29, 1.82) is 0 Å². The number of carbonyl (C=O) groups is 1.